The first-order valence-electron chi connectivity index (χ1n) is 7.50. The molecule has 1 amide bonds. The van der Waals surface area contributed by atoms with Gasteiger partial charge in [-0.15, -0.1) is 0 Å². The molecular formula is C19H19NO3. The van der Waals surface area contributed by atoms with Crippen molar-refractivity contribution in [2.75, 3.05) is 6.61 Å². The fourth-order valence-corrected chi connectivity index (χ4v) is 2.22. The second-order valence-electron chi connectivity index (χ2n) is 5.06. The van der Waals surface area contributed by atoms with E-state index in [4.69, 9.17) is 4.74 Å². The topological polar surface area (TPSA) is 55.7 Å². The molecule has 0 aliphatic carbocycles. The second-order valence-corrected chi connectivity index (χ2v) is 5.06. The van der Waals surface area contributed by atoms with E-state index in [-0.39, 0.29) is 18.1 Å². The number of Topliss-reactive ketones (excluding diaryl/α,β-unsaturated/α-hetero) is 1. The Balaban J connectivity index is 2.25. The molecule has 0 atom stereocenters. The lowest BCUT2D eigenvalue weighted by Gasteiger charge is -2.06. The molecule has 0 heterocycles. The molecule has 0 N–H and O–H groups in total. The molecule has 0 aliphatic heterocycles. The maximum Gasteiger partial charge on any atom is 0.434 e. The lowest BCUT2D eigenvalue weighted by atomic mass is 10.0. The van der Waals surface area contributed by atoms with Crippen LogP contribution in [0, 0.1) is 0 Å². The van der Waals surface area contributed by atoms with Gasteiger partial charge in [0.2, 0.25) is 0 Å². The van der Waals surface area contributed by atoms with Gasteiger partial charge in [-0.25, -0.2) is 4.79 Å². The average molecular weight is 309 g/mol. The van der Waals surface area contributed by atoms with Gasteiger partial charge < -0.3 is 4.74 Å². The van der Waals surface area contributed by atoms with Gasteiger partial charge in [0.1, 0.15) is 6.61 Å². The molecule has 4 heteroatoms. The van der Waals surface area contributed by atoms with Crippen molar-refractivity contribution >= 4 is 28.4 Å². The predicted molar refractivity (Wildman–Crippen MR) is 91.9 cm³/mol. The van der Waals surface area contributed by atoms with Crippen molar-refractivity contribution < 1.29 is 14.3 Å². The maximum absolute atomic E-state index is 12.0. The predicted octanol–water partition coefficient (Wildman–Crippen LogP) is 4.13. The van der Waals surface area contributed by atoms with Crippen LogP contribution in [-0.4, -0.2) is 24.2 Å². The van der Waals surface area contributed by atoms with Crippen molar-refractivity contribution in [2.45, 2.75) is 19.8 Å². The van der Waals surface area contributed by atoms with E-state index in [2.05, 4.69) is 11.6 Å². The van der Waals surface area contributed by atoms with Crippen LogP contribution in [-0.2, 0) is 16.0 Å². The van der Waals surface area contributed by atoms with Crippen LogP contribution in [0.5, 0.6) is 0 Å². The molecule has 2 rings (SSSR count). The van der Waals surface area contributed by atoms with Gasteiger partial charge in [0.05, 0.1) is 5.71 Å². The Morgan fingerprint density at radius 2 is 1.91 bits per heavy atom. The molecule has 0 saturated carbocycles. The van der Waals surface area contributed by atoms with E-state index < -0.39 is 6.09 Å². The Hall–Kier alpha value is -2.75. The van der Waals surface area contributed by atoms with Crippen LogP contribution < -0.4 is 0 Å². The molecular weight excluding hydrogens is 290 g/mol. The average Bonchev–Trinajstić information content (AvgIpc) is 2.58. The van der Waals surface area contributed by atoms with Gasteiger partial charge in [0.15, 0.2) is 5.78 Å². The third-order valence-corrected chi connectivity index (χ3v) is 3.38. The summed E-state index contributed by atoms with van der Waals surface area (Å²) in [6.07, 6.45) is 1.29. The molecule has 0 bridgehead atoms. The molecule has 0 aliphatic rings. The standard InChI is InChI=1S/C19H19NO3/c1-3-11-23-19(22)20-17(18(21)4-2)13-14-9-10-15-7-5-6-8-16(15)12-14/h3,5-10,12H,1,4,11,13H2,2H3. The van der Waals surface area contributed by atoms with Gasteiger partial charge >= 0.3 is 6.09 Å². The molecule has 4 nitrogen and oxygen atoms in total. The zero-order valence-electron chi connectivity index (χ0n) is 13.1. The Labute approximate surface area is 135 Å². The number of carbonyl (C=O) groups excluding carboxylic acids is 2. The van der Waals surface area contributed by atoms with Crippen LogP contribution in [0.2, 0.25) is 0 Å². The molecule has 0 radical (unpaired) electrons. The van der Waals surface area contributed by atoms with E-state index in [0.29, 0.717) is 12.8 Å². The van der Waals surface area contributed by atoms with Crippen LogP contribution in [0.25, 0.3) is 10.8 Å². The quantitative estimate of drug-likeness (QED) is 0.595. The van der Waals surface area contributed by atoms with E-state index in [1.165, 1.54) is 6.08 Å². The summed E-state index contributed by atoms with van der Waals surface area (Å²) in [5.41, 5.74) is 1.15. The summed E-state index contributed by atoms with van der Waals surface area (Å²) in [4.78, 5) is 27.5. The summed E-state index contributed by atoms with van der Waals surface area (Å²) in [6.45, 7) is 5.29. The molecule has 0 fully saturated rings. The fraction of sp³-hybridized carbons (Fsp3) is 0.211. The van der Waals surface area contributed by atoms with E-state index >= 15 is 0 Å². The zero-order valence-corrected chi connectivity index (χ0v) is 13.1. The number of hydrogen-bond acceptors (Lipinski definition) is 3. The number of nitrogens with zero attached hydrogens (tertiary/aromatic N) is 1. The number of ketones is 1. The van der Waals surface area contributed by atoms with E-state index in [1.807, 2.05) is 42.5 Å². The molecule has 2 aromatic carbocycles. The highest BCUT2D eigenvalue weighted by Gasteiger charge is 2.13. The van der Waals surface area contributed by atoms with Gasteiger partial charge in [-0.1, -0.05) is 62.0 Å². The van der Waals surface area contributed by atoms with Crippen LogP contribution in [0.4, 0.5) is 4.79 Å². The largest absolute Gasteiger partial charge is 0.444 e. The van der Waals surface area contributed by atoms with Crippen molar-refractivity contribution in [3.8, 4) is 0 Å². The summed E-state index contributed by atoms with van der Waals surface area (Å²) in [7, 11) is 0. The van der Waals surface area contributed by atoms with Crippen molar-refractivity contribution in [3.05, 3.63) is 60.7 Å². The Bertz CT molecular complexity index is 762. The number of ether oxygens (including phenoxy) is 1. The zero-order chi connectivity index (χ0) is 16.7. The molecule has 118 valence electrons. The number of fused-ring (bicyclic) bond motifs is 1. The van der Waals surface area contributed by atoms with Crippen LogP contribution in [0.1, 0.15) is 18.9 Å². The van der Waals surface area contributed by atoms with Crippen LogP contribution in [0.3, 0.4) is 0 Å². The Morgan fingerprint density at radius 3 is 2.61 bits per heavy atom. The Morgan fingerprint density at radius 1 is 1.17 bits per heavy atom. The first-order chi connectivity index (χ1) is 11.1. The van der Waals surface area contributed by atoms with Crippen molar-refractivity contribution in [1.82, 2.24) is 0 Å². The van der Waals surface area contributed by atoms with Gasteiger partial charge in [0.25, 0.3) is 0 Å². The van der Waals surface area contributed by atoms with Gasteiger partial charge in [-0.2, -0.15) is 4.99 Å². The number of hydrogen-bond donors (Lipinski definition) is 0. The Kier molecular flexibility index (Phi) is 5.80. The normalized spacial score (nSPS) is 11.3. The summed E-state index contributed by atoms with van der Waals surface area (Å²) in [6, 6.07) is 13.9. The van der Waals surface area contributed by atoms with E-state index in [1.54, 1.807) is 6.92 Å². The number of benzene rings is 2. The van der Waals surface area contributed by atoms with E-state index in [9.17, 15) is 9.59 Å². The van der Waals surface area contributed by atoms with Gasteiger partial charge in [0, 0.05) is 12.8 Å². The highest BCUT2D eigenvalue weighted by atomic mass is 16.5. The van der Waals surface area contributed by atoms with Crippen LogP contribution >= 0.6 is 0 Å². The van der Waals surface area contributed by atoms with Crippen LogP contribution in [0.15, 0.2) is 60.1 Å². The molecule has 0 spiro atoms. The fourth-order valence-electron chi connectivity index (χ4n) is 2.22. The number of rotatable bonds is 6. The summed E-state index contributed by atoms with van der Waals surface area (Å²) in [5.74, 6) is -0.159. The smallest absolute Gasteiger partial charge is 0.434 e. The highest BCUT2D eigenvalue weighted by molar-refractivity contribution is 6.41. The first-order valence-corrected chi connectivity index (χ1v) is 7.50. The number of amides is 1. The van der Waals surface area contributed by atoms with Crippen molar-refractivity contribution in [3.63, 3.8) is 0 Å². The third kappa shape index (κ3) is 4.61. The maximum atomic E-state index is 12.0. The third-order valence-electron chi connectivity index (χ3n) is 3.38. The minimum Gasteiger partial charge on any atom is -0.444 e. The number of carbonyl (C=O) groups is 2. The summed E-state index contributed by atoms with van der Waals surface area (Å²) < 4.78 is 4.83. The summed E-state index contributed by atoms with van der Waals surface area (Å²) >= 11 is 0. The second kappa shape index (κ2) is 8.03. The first kappa shape index (κ1) is 16.6. The summed E-state index contributed by atoms with van der Waals surface area (Å²) in [5, 5.41) is 2.21. The minimum absolute atomic E-state index is 0.0753. The SMILES string of the molecule is C=CCOC(=O)N=C(Cc1ccc2ccccc2c1)C(=O)CC. The molecule has 0 aromatic heterocycles. The number of aliphatic imine (C=N–C) groups is 1. The monoisotopic (exact) mass is 309 g/mol. The lowest BCUT2D eigenvalue weighted by Crippen LogP contribution is -2.18. The molecule has 23 heavy (non-hydrogen) atoms. The van der Waals surface area contributed by atoms with Gasteiger partial charge in [-0.3, -0.25) is 4.79 Å². The minimum atomic E-state index is -0.762. The lowest BCUT2D eigenvalue weighted by molar-refractivity contribution is -0.112. The van der Waals surface area contributed by atoms with Crippen molar-refractivity contribution in [2.24, 2.45) is 4.99 Å². The van der Waals surface area contributed by atoms with E-state index in [0.717, 1.165) is 16.3 Å². The van der Waals surface area contributed by atoms with Gasteiger partial charge in [-0.05, 0) is 16.3 Å². The molecule has 0 unspecified atom stereocenters. The molecule has 2 aromatic rings. The van der Waals surface area contributed by atoms with Crippen molar-refractivity contribution in [1.29, 1.82) is 0 Å². The molecule has 0 saturated heterocycles. The highest BCUT2D eigenvalue weighted by Crippen LogP contribution is 2.16.